The van der Waals surface area contributed by atoms with Crippen LogP contribution in [0.5, 0.6) is 5.75 Å². The Morgan fingerprint density at radius 1 is 1.00 bits per heavy atom. The van der Waals surface area contributed by atoms with Gasteiger partial charge in [-0.1, -0.05) is 43.7 Å². The summed E-state index contributed by atoms with van der Waals surface area (Å²) in [6, 6.07) is 16.3. The van der Waals surface area contributed by atoms with Crippen molar-refractivity contribution in [3.8, 4) is 5.75 Å². The molecular weight excluding hydrogens is 476 g/mol. The van der Waals surface area contributed by atoms with Crippen molar-refractivity contribution in [1.82, 2.24) is 4.98 Å². The Morgan fingerprint density at radius 2 is 1.68 bits per heavy atom. The minimum atomic E-state index is -4.26. The van der Waals surface area contributed by atoms with E-state index in [0.717, 1.165) is 16.3 Å². The Morgan fingerprint density at radius 3 is 2.32 bits per heavy atom. The number of hydrogen-bond donors (Lipinski definition) is 0. The zero-order valence-corrected chi connectivity index (χ0v) is 20.6. The van der Waals surface area contributed by atoms with Crippen molar-refractivity contribution in [3.05, 3.63) is 84.2 Å². The van der Waals surface area contributed by atoms with Gasteiger partial charge in [-0.3, -0.25) is 4.98 Å². The zero-order chi connectivity index (χ0) is 23.7. The predicted molar refractivity (Wildman–Crippen MR) is 136 cm³/mol. The molecule has 1 heterocycles. The van der Waals surface area contributed by atoms with Gasteiger partial charge in [0.1, 0.15) is 5.75 Å². The number of carbonyl (C=O) groups is 1. The van der Waals surface area contributed by atoms with Crippen molar-refractivity contribution in [1.29, 1.82) is 0 Å². The van der Waals surface area contributed by atoms with Crippen LogP contribution in [0.1, 0.15) is 30.9 Å². The molecule has 0 saturated carbocycles. The van der Waals surface area contributed by atoms with Crippen LogP contribution in [0.3, 0.4) is 0 Å². The number of rotatable bonds is 9. The molecule has 0 aliphatic heterocycles. The number of anilines is 1. The molecule has 0 unspecified atom stereocenters. The molecular formula is C25H27ClN2O5S. The van der Waals surface area contributed by atoms with E-state index in [0.29, 0.717) is 17.7 Å². The van der Waals surface area contributed by atoms with Gasteiger partial charge in [0.2, 0.25) is 0 Å². The minimum Gasteiger partial charge on any atom is -0.497 e. The van der Waals surface area contributed by atoms with Crippen molar-refractivity contribution in [3.63, 3.8) is 0 Å². The van der Waals surface area contributed by atoms with Crippen molar-refractivity contribution < 1.29 is 22.7 Å². The van der Waals surface area contributed by atoms with Gasteiger partial charge in [0, 0.05) is 12.4 Å². The number of unbranched alkanes of at least 4 members (excludes halogenated alkanes) is 1. The largest absolute Gasteiger partial charge is 0.497 e. The van der Waals surface area contributed by atoms with E-state index in [4.69, 9.17) is 9.47 Å². The lowest BCUT2D eigenvalue weighted by molar-refractivity contribution is 0.156. The molecule has 0 saturated heterocycles. The summed E-state index contributed by atoms with van der Waals surface area (Å²) in [6.45, 7) is 2.08. The van der Waals surface area contributed by atoms with E-state index < -0.39 is 16.1 Å². The van der Waals surface area contributed by atoms with E-state index >= 15 is 0 Å². The minimum absolute atomic E-state index is 0. The molecule has 1 amide bonds. The fourth-order valence-corrected chi connectivity index (χ4v) is 4.38. The first-order chi connectivity index (χ1) is 16.0. The van der Waals surface area contributed by atoms with Gasteiger partial charge in [0.25, 0.3) is 10.0 Å². The van der Waals surface area contributed by atoms with Crippen molar-refractivity contribution in [2.45, 2.75) is 24.7 Å². The van der Waals surface area contributed by atoms with Crippen LogP contribution in [0, 0.1) is 0 Å². The molecule has 2 aromatic carbocycles. The van der Waals surface area contributed by atoms with Crippen LogP contribution >= 0.6 is 12.4 Å². The highest BCUT2D eigenvalue weighted by Crippen LogP contribution is 2.30. The molecule has 0 bridgehead atoms. The molecule has 0 aliphatic carbocycles. The highest BCUT2D eigenvalue weighted by Gasteiger charge is 2.33. The smallest absolute Gasteiger partial charge is 0.428 e. The molecule has 0 spiro atoms. The van der Waals surface area contributed by atoms with E-state index in [9.17, 15) is 13.2 Å². The third-order valence-corrected chi connectivity index (χ3v) is 6.50. The van der Waals surface area contributed by atoms with Gasteiger partial charge in [0.05, 0.1) is 24.3 Å². The Kier molecular flexibility index (Phi) is 10.1. The standard InChI is InChI=1S/C25H26N2O5S.ClH/c1-3-4-19-32-25(28)27(33(29,30)23-13-11-22(31-2)12-14-23)24-8-6-5-7-21(24)10-9-20-15-17-26-18-16-20;/h5-18H,3-4,19H2,1-2H3;1H/b10-9+;. The summed E-state index contributed by atoms with van der Waals surface area (Å²) in [6.07, 6.45) is 7.38. The summed E-state index contributed by atoms with van der Waals surface area (Å²) < 4.78 is 38.3. The Bertz CT molecular complexity index is 1200. The average Bonchev–Trinajstić information content (AvgIpc) is 2.84. The monoisotopic (exact) mass is 502 g/mol. The second-order valence-corrected chi connectivity index (χ2v) is 8.87. The molecule has 9 heteroatoms. The number of benzene rings is 2. The van der Waals surface area contributed by atoms with Gasteiger partial charge in [-0.2, -0.15) is 4.31 Å². The van der Waals surface area contributed by atoms with E-state index in [-0.39, 0.29) is 29.6 Å². The quantitative estimate of drug-likeness (QED) is 0.343. The third-order valence-electron chi connectivity index (χ3n) is 4.80. The molecule has 0 aliphatic rings. The molecule has 180 valence electrons. The molecule has 3 aromatic rings. The number of para-hydroxylation sites is 1. The lowest BCUT2D eigenvalue weighted by Crippen LogP contribution is -2.38. The van der Waals surface area contributed by atoms with Crippen LogP contribution in [0.15, 0.2) is 78.0 Å². The average molecular weight is 503 g/mol. The number of nitrogens with zero attached hydrogens (tertiary/aromatic N) is 2. The molecule has 0 fully saturated rings. The molecule has 0 N–H and O–H groups in total. The summed E-state index contributed by atoms with van der Waals surface area (Å²) in [4.78, 5) is 17.0. The Balaban J connectivity index is 0.00000408. The van der Waals surface area contributed by atoms with Gasteiger partial charge < -0.3 is 9.47 Å². The number of halogens is 1. The molecule has 7 nitrogen and oxygen atoms in total. The van der Waals surface area contributed by atoms with E-state index in [1.165, 1.54) is 31.4 Å². The van der Waals surface area contributed by atoms with E-state index in [2.05, 4.69) is 4.98 Å². The summed E-state index contributed by atoms with van der Waals surface area (Å²) in [5.41, 5.74) is 1.62. The number of methoxy groups -OCH3 is 1. The number of ether oxygens (including phenoxy) is 2. The van der Waals surface area contributed by atoms with Gasteiger partial charge >= 0.3 is 6.09 Å². The number of pyridine rings is 1. The summed E-state index contributed by atoms with van der Waals surface area (Å²) >= 11 is 0. The van der Waals surface area contributed by atoms with Gasteiger partial charge in [0.15, 0.2) is 0 Å². The van der Waals surface area contributed by atoms with Gasteiger partial charge in [-0.25, -0.2) is 13.2 Å². The highest BCUT2D eigenvalue weighted by atomic mass is 35.5. The van der Waals surface area contributed by atoms with E-state index in [1.54, 1.807) is 42.7 Å². The topological polar surface area (TPSA) is 85.8 Å². The van der Waals surface area contributed by atoms with Crippen LogP contribution in [0.2, 0.25) is 0 Å². The Hall–Kier alpha value is -3.36. The lowest BCUT2D eigenvalue weighted by atomic mass is 10.1. The molecule has 3 rings (SSSR count). The number of hydrogen-bond acceptors (Lipinski definition) is 6. The fourth-order valence-electron chi connectivity index (χ4n) is 3.02. The van der Waals surface area contributed by atoms with Crippen LogP contribution in [0.4, 0.5) is 10.5 Å². The summed E-state index contributed by atoms with van der Waals surface area (Å²) in [7, 11) is -2.77. The highest BCUT2D eigenvalue weighted by molar-refractivity contribution is 7.93. The third kappa shape index (κ3) is 6.59. The fraction of sp³-hybridized carbons (Fsp3) is 0.200. The van der Waals surface area contributed by atoms with Crippen LogP contribution in [-0.4, -0.2) is 33.2 Å². The zero-order valence-electron chi connectivity index (χ0n) is 19.0. The van der Waals surface area contributed by atoms with Crippen molar-refractivity contribution >= 4 is 46.4 Å². The maximum atomic E-state index is 13.6. The maximum absolute atomic E-state index is 13.6. The normalized spacial score (nSPS) is 11.0. The van der Waals surface area contributed by atoms with Crippen LogP contribution < -0.4 is 9.04 Å². The predicted octanol–water partition coefficient (Wildman–Crippen LogP) is 5.81. The van der Waals surface area contributed by atoms with Gasteiger partial charge in [-0.05, 0) is 60.0 Å². The summed E-state index contributed by atoms with van der Waals surface area (Å²) in [5, 5.41) is 0. The van der Waals surface area contributed by atoms with E-state index in [1.807, 2.05) is 25.1 Å². The first kappa shape index (κ1) is 26.9. The first-order valence-electron chi connectivity index (χ1n) is 10.5. The number of carbonyl (C=O) groups excluding carboxylic acids is 1. The molecule has 0 radical (unpaired) electrons. The molecule has 0 atom stereocenters. The Labute approximate surface area is 206 Å². The van der Waals surface area contributed by atoms with Crippen molar-refractivity contribution in [2.75, 3.05) is 18.0 Å². The summed E-state index contributed by atoms with van der Waals surface area (Å²) in [5.74, 6) is 0.506. The SMILES string of the molecule is CCCCOC(=O)N(c1ccccc1/C=C/c1ccncc1)S(=O)(=O)c1ccc(OC)cc1.Cl. The van der Waals surface area contributed by atoms with Crippen molar-refractivity contribution in [2.24, 2.45) is 0 Å². The number of sulfonamides is 1. The number of amides is 1. The van der Waals surface area contributed by atoms with Gasteiger partial charge in [-0.15, -0.1) is 12.4 Å². The molecule has 34 heavy (non-hydrogen) atoms. The second kappa shape index (κ2) is 12.8. The molecule has 1 aromatic heterocycles. The second-order valence-electron chi connectivity index (χ2n) is 7.09. The number of aromatic nitrogens is 1. The first-order valence-corrected chi connectivity index (χ1v) is 11.9. The van der Waals surface area contributed by atoms with Crippen LogP contribution in [0.25, 0.3) is 12.2 Å². The lowest BCUT2D eigenvalue weighted by Gasteiger charge is -2.23. The van der Waals surface area contributed by atoms with Crippen LogP contribution in [-0.2, 0) is 14.8 Å². The maximum Gasteiger partial charge on any atom is 0.428 e.